The van der Waals surface area contributed by atoms with E-state index in [0.717, 1.165) is 38.0 Å². The van der Waals surface area contributed by atoms with Crippen LogP contribution >= 0.6 is 0 Å². The van der Waals surface area contributed by atoms with Gasteiger partial charge in [0.05, 0.1) is 5.54 Å². The lowest BCUT2D eigenvalue weighted by molar-refractivity contribution is 0.0360. The maximum Gasteiger partial charge on any atom is 0.407 e. The number of rotatable bonds is 4. The number of amides is 1. The van der Waals surface area contributed by atoms with E-state index < -0.39 is 11.6 Å². The molecule has 0 saturated carbocycles. The summed E-state index contributed by atoms with van der Waals surface area (Å²) >= 11 is 0. The highest BCUT2D eigenvalue weighted by atomic mass is 16.4. The third-order valence-electron chi connectivity index (χ3n) is 5.08. The Kier molecular flexibility index (Phi) is 4.81. The van der Waals surface area contributed by atoms with Crippen LogP contribution in [0.25, 0.3) is 0 Å². The summed E-state index contributed by atoms with van der Waals surface area (Å²) in [6, 6.07) is 14.3. The molecule has 0 atom stereocenters. The van der Waals surface area contributed by atoms with E-state index in [1.165, 1.54) is 10.5 Å². The molecule has 5 heteroatoms. The first-order chi connectivity index (χ1) is 11.6. The zero-order valence-electron chi connectivity index (χ0n) is 13.9. The smallest absolute Gasteiger partial charge is 0.407 e. The second kappa shape index (κ2) is 7.01. The van der Waals surface area contributed by atoms with Crippen LogP contribution < -0.4 is 0 Å². The number of piperidine rings is 1. The first-order valence-electron chi connectivity index (χ1n) is 8.25. The molecule has 1 aromatic heterocycles. The monoisotopic (exact) mass is 325 g/mol. The van der Waals surface area contributed by atoms with Crippen molar-refractivity contribution in [1.82, 2.24) is 14.8 Å². The third-order valence-corrected chi connectivity index (χ3v) is 5.08. The lowest BCUT2D eigenvalue weighted by Crippen LogP contribution is -2.53. The summed E-state index contributed by atoms with van der Waals surface area (Å²) in [6.45, 7) is 2.65. The second-order valence-corrected chi connectivity index (χ2v) is 6.37. The van der Waals surface area contributed by atoms with Crippen LogP contribution in [0.2, 0.25) is 0 Å². The molecule has 2 aromatic rings. The second-order valence-electron chi connectivity index (χ2n) is 6.37. The summed E-state index contributed by atoms with van der Waals surface area (Å²) in [5, 5.41) is 9.56. The summed E-state index contributed by atoms with van der Waals surface area (Å²) in [4.78, 5) is 19.6. The number of benzene rings is 1. The Morgan fingerprint density at radius 2 is 1.79 bits per heavy atom. The topological polar surface area (TPSA) is 56.7 Å². The molecule has 126 valence electrons. The van der Waals surface area contributed by atoms with Gasteiger partial charge in [-0.05, 0) is 36.1 Å². The van der Waals surface area contributed by atoms with Gasteiger partial charge in [-0.25, -0.2) is 4.79 Å². The zero-order valence-corrected chi connectivity index (χ0v) is 13.9. The van der Waals surface area contributed by atoms with Gasteiger partial charge in [-0.1, -0.05) is 30.3 Å². The lowest BCUT2D eigenvalue weighted by Gasteiger charge is -2.46. The molecule has 1 amide bonds. The molecule has 1 N–H and O–H groups in total. The Bertz CT molecular complexity index is 668. The van der Waals surface area contributed by atoms with E-state index in [1.54, 1.807) is 19.4 Å². The van der Waals surface area contributed by atoms with Crippen molar-refractivity contribution in [2.24, 2.45) is 0 Å². The number of pyridine rings is 1. The first kappa shape index (κ1) is 16.5. The molecule has 2 heterocycles. The van der Waals surface area contributed by atoms with E-state index in [9.17, 15) is 9.90 Å². The average Bonchev–Trinajstić information content (AvgIpc) is 2.63. The van der Waals surface area contributed by atoms with E-state index in [1.807, 2.05) is 18.2 Å². The van der Waals surface area contributed by atoms with E-state index in [2.05, 4.69) is 34.1 Å². The van der Waals surface area contributed by atoms with Crippen molar-refractivity contribution >= 4 is 6.09 Å². The third kappa shape index (κ3) is 3.26. The van der Waals surface area contributed by atoms with Gasteiger partial charge < -0.3 is 10.0 Å². The van der Waals surface area contributed by atoms with Crippen LogP contribution in [-0.2, 0) is 12.1 Å². The predicted octanol–water partition coefficient (Wildman–Crippen LogP) is 3.18. The van der Waals surface area contributed by atoms with E-state index in [4.69, 9.17) is 0 Å². The molecule has 0 radical (unpaired) electrons. The standard InChI is InChI=1S/C19H23N3O2/c1-21(18(23)24)19(17-7-11-20-12-8-17)9-13-22(14-10-19)15-16-5-3-2-4-6-16/h2-8,11-12H,9-10,13-15H2,1H3,(H,23,24). The molecule has 1 aromatic carbocycles. The fourth-order valence-corrected chi connectivity index (χ4v) is 3.59. The van der Waals surface area contributed by atoms with Crippen molar-refractivity contribution in [3.8, 4) is 0 Å². The van der Waals surface area contributed by atoms with Crippen molar-refractivity contribution < 1.29 is 9.90 Å². The van der Waals surface area contributed by atoms with Gasteiger partial charge in [-0.15, -0.1) is 0 Å². The van der Waals surface area contributed by atoms with E-state index in [0.29, 0.717) is 0 Å². The van der Waals surface area contributed by atoms with Crippen LogP contribution in [0.5, 0.6) is 0 Å². The molecule has 0 spiro atoms. The van der Waals surface area contributed by atoms with Crippen LogP contribution in [0, 0.1) is 0 Å². The first-order valence-corrected chi connectivity index (χ1v) is 8.25. The predicted molar refractivity (Wildman–Crippen MR) is 92.7 cm³/mol. The molecule has 0 unspecified atom stereocenters. The number of hydrogen-bond donors (Lipinski definition) is 1. The molecular weight excluding hydrogens is 302 g/mol. The van der Waals surface area contributed by atoms with Gasteiger partial charge in [0.2, 0.25) is 0 Å². The molecule has 1 fully saturated rings. The largest absolute Gasteiger partial charge is 0.465 e. The fraction of sp³-hybridized carbons (Fsp3) is 0.368. The summed E-state index contributed by atoms with van der Waals surface area (Å²) in [5.41, 5.74) is 1.85. The van der Waals surface area contributed by atoms with Gasteiger partial charge in [0.25, 0.3) is 0 Å². The lowest BCUT2D eigenvalue weighted by atomic mass is 9.80. The summed E-state index contributed by atoms with van der Waals surface area (Å²) in [5.74, 6) is 0. The minimum atomic E-state index is -0.886. The van der Waals surface area contributed by atoms with Crippen LogP contribution in [0.3, 0.4) is 0 Å². The summed E-state index contributed by atoms with van der Waals surface area (Å²) < 4.78 is 0. The molecule has 3 rings (SSSR count). The summed E-state index contributed by atoms with van der Waals surface area (Å²) in [7, 11) is 1.68. The van der Waals surface area contributed by atoms with E-state index in [-0.39, 0.29) is 0 Å². The number of carboxylic acid groups (broad SMARTS) is 1. The quantitative estimate of drug-likeness (QED) is 0.938. The Balaban J connectivity index is 1.77. The van der Waals surface area contributed by atoms with Crippen molar-refractivity contribution in [3.05, 3.63) is 66.0 Å². The van der Waals surface area contributed by atoms with Gasteiger partial charge in [0.1, 0.15) is 0 Å². The molecule has 24 heavy (non-hydrogen) atoms. The molecule has 0 aliphatic carbocycles. The van der Waals surface area contributed by atoms with Crippen LogP contribution in [0.1, 0.15) is 24.0 Å². The number of carbonyl (C=O) groups is 1. The number of aromatic nitrogens is 1. The highest BCUT2D eigenvalue weighted by molar-refractivity contribution is 5.66. The number of likely N-dealkylation sites (tertiary alicyclic amines) is 1. The molecular formula is C19H23N3O2. The number of hydrogen-bond acceptors (Lipinski definition) is 3. The maximum atomic E-state index is 11.6. The zero-order chi connectivity index (χ0) is 17.0. The van der Waals surface area contributed by atoms with Gasteiger partial charge in [0.15, 0.2) is 0 Å². The Morgan fingerprint density at radius 3 is 2.38 bits per heavy atom. The van der Waals surface area contributed by atoms with Gasteiger partial charge >= 0.3 is 6.09 Å². The van der Waals surface area contributed by atoms with Gasteiger partial charge in [-0.2, -0.15) is 0 Å². The van der Waals surface area contributed by atoms with Crippen molar-refractivity contribution in [2.75, 3.05) is 20.1 Å². The van der Waals surface area contributed by atoms with Crippen LogP contribution in [-0.4, -0.2) is 46.1 Å². The maximum absolute atomic E-state index is 11.6. The highest BCUT2D eigenvalue weighted by Gasteiger charge is 2.42. The Labute approximate surface area is 142 Å². The van der Waals surface area contributed by atoms with Crippen molar-refractivity contribution in [1.29, 1.82) is 0 Å². The minimum Gasteiger partial charge on any atom is -0.465 e. The summed E-state index contributed by atoms with van der Waals surface area (Å²) in [6.07, 6.45) is 4.16. The SMILES string of the molecule is CN(C(=O)O)C1(c2ccncc2)CCN(Cc2ccccc2)CC1. The normalized spacial score (nSPS) is 17.4. The average molecular weight is 325 g/mol. The van der Waals surface area contributed by atoms with E-state index >= 15 is 0 Å². The fourth-order valence-electron chi connectivity index (χ4n) is 3.59. The molecule has 0 bridgehead atoms. The molecule has 1 aliphatic heterocycles. The van der Waals surface area contributed by atoms with Crippen LogP contribution in [0.4, 0.5) is 4.79 Å². The molecule has 1 saturated heterocycles. The van der Waals surface area contributed by atoms with Gasteiger partial charge in [0, 0.05) is 39.1 Å². The van der Waals surface area contributed by atoms with Gasteiger partial charge in [-0.3, -0.25) is 9.88 Å². The van der Waals surface area contributed by atoms with Crippen LogP contribution in [0.15, 0.2) is 54.9 Å². The Hall–Kier alpha value is -2.40. The minimum absolute atomic E-state index is 0.470. The Morgan fingerprint density at radius 1 is 1.17 bits per heavy atom. The van der Waals surface area contributed by atoms with Crippen molar-refractivity contribution in [3.63, 3.8) is 0 Å². The van der Waals surface area contributed by atoms with Crippen molar-refractivity contribution in [2.45, 2.75) is 24.9 Å². The molecule has 1 aliphatic rings. The highest BCUT2D eigenvalue weighted by Crippen LogP contribution is 2.38. The molecule has 5 nitrogen and oxygen atoms in total. The number of nitrogens with zero attached hydrogens (tertiary/aromatic N) is 3.